The summed E-state index contributed by atoms with van der Waals surface area (Å²) in [6.45, 7) is 11.7. The van der Waals surface area contributed by atoms with Gasteiger partial charge in [0.2, 0.25) is 5.91 Å². The summed E-state index contributed by atoms with van der Waals surface area (Å²) in [5.74, 6) is 0.684. The number of carbonyl (C=O) groups is 1. The molecule has 2 heterocycles. The van der Waals surface area contributed by atoms with Crippen LogP contribution in [-0.4, -0.2) is 67.3 Å². The van der Waals surface area contributed by atoms with Crippen LogP contribution in [0.3, 0.4) is 0 Å². The molecule has 0 saturated carbocycles. The highest BCUT2D eigenvalue weighted by atomic mass is 16.5. The molecule has 19 heavy (non-hydrogen) atoms. The molecule has 0 aromatic rings. The number of morpholine rings is 1. The number of hydrogen-bond donors (Lipinski definition) is 1. The summed E-state index contributed by atoms with van der Waals surface area (Å²) >= 11 is 0. The van der Waals surface area contributed by atoms with E-state index in [1.54, 1.807) is 0 Å². The molecule has 2 saturated heterocycles. The molecule has 2 aliphatic heterocycles. The zero-order valence-corrected chi connectivity index (χ0v) is 12.4. The molecule has 2 rings (SSSR count). The van der Waals surface area contributed by atoms with Crippen molar-refractivity contribution in [3.05, 3.63) is 0 Å². The lowest BCUT2D eigenvalue weighted by molar-refractivity contribution is -0.131. The molecule has 3 atom stereocenters. The van der Waals surface area contributed by atoms with E-state index in [4.69, 9.17) is 4.74 Å². The van der Waals surface area contributed by atoms with Gasteiger partial charge in [-0.1, -0.05) is 20.3 Å². The quantitative estimate of drug-likeness (QED) is 0.790. The average Bonchev–Trinajstić information content (AvgIpc) is 2.81. The summed E-state index contributed by atoms with van der Waals surface area (Å²) < 4.78 is 5.36. The van der Waals surface area contributed by atoms with E-state index < -0.39 is 0 Å². The van der Waals surface area contributed by atoms with E-state index in [2.05, 4.69) is 31.0 Å². The van der Waals surface area contributed by atoms with E-state index in [0.29, 0.717) is 12.6 Å². The second-order valence-electron chi connectivity index (χ2n) is 5.80. The lowest BCUT2D eigenvalue weighted by Gasteiger charge is -2.32. The Bertz CT molecular complexity index is 305. The highest BCUT2D eigenvalue weighted by molar-refractivity contribution is 5.84. The maximum absolute atomic E-state index is 12.4. The molecule has 1 amide bonds. The SMILES string of the molecule is CCC(C)C1NCN(C(C)CN2CCOCC2)C1=O. The van der Waals surface area contributed by atoms with Crippen LogP contribution in [-0.2, 0) is 9.53 Å². The van der Waals surface area contributed by atoms with Gasteiger partial charge in [0.1, 0.15) is 0 Å². The van der Waals surface area contributed by atoms with Gasteiger partial charge in [0.25, 0.3) is 0 Å². The molecule has 0 bridgehead atoms. The highest BCUT2D eigenvalue weighted by Gasteiger charge is 2.36. The van der Waals surface area contributed by atoms with Crippen LogP contribution in [0.15, 0.2) is 0 Å². The molecular weight excluding hydrogens is 242 g/mol. The van der Waals surface area contributed by atoms with Crippen LogP contribution in [0, 0.1) is 5.92 Å². The Kier molecular flexibility index (Phi) is 5.19. The molecule has 2 aliphatic rings. The molecule has 110 valence electrons. The molecule has 0 aliphatic carbocycles. The predicted molar refractivity (Wildman–Crippen MR) is 74.8 cm³/mol. The van der Waals surface area contributed by atoms with E-state index >= 15 is 0 Å². The number of nitrogens with one attached hydrogen (secondary N) is 1. The fourth-order valence-corrected chi connectivity index (χ4v) is 2.85. The Morgan fingerprint density at radius 2 is 2.05 bits per heavy atom. The first-order chi connectivity index (χ1) is 9.13. The molecule has 5 heteroatoms. The summed E-state index contributed by atoms with van der Waals surface area (Å²) in [7, 11) is 0. The van der Waals surface area contributed by atoms with Crippen LogP contribution in [0.5, 0.6) is 0 Å². The predicted octanol–water partition coefficient (Wildman–Crippen LogP) is 0.511. The zero-order valence-electron chi connectivity index (χ0n) is 12.4. The van der Waals surface area contributed by atoms with Gasteiger partial charge in [0, 0.05) is 25.7 Å². The van der Waals surface area contributed by atoms with Crippen molar-refractivity contribution in [2.24, 2.45) is 5.92 Å². The van der Waals surface area contributed by atoms with Crippen molar-refractivity contribution in [2.45, 2.75) is 39.3 Å². The monoisotopic (exact) mass is 269 g/mol. The number of amides is 1. The fraction of sp³-hybridized carbons (Fsp3) is 0.929. The van der Waals surface area contributed by atoms with Crippen LogP contribution in [0.4, 0.5) is 0 Å². The first-order valence-electron chi connectivity index (χ1n) is 7.47. The Labute approximate surface area is 116 Å². The van der Waals surface area contributed by atoms with Crippen molar-refractivity contribution in [2.75, 3.05) is 39.5 Å². The third-order valence-corrected chi connectivity index (χ3v) is 4.40. The standard InChI is InChI=1S/C14H27N3O2/c1-4-11(2)13-14(18)17(10-15-13)12(3)9-16-5-7-19-8-6-16/h11-13,15H,4-10H2,1-3H3. The Morgan fingerprint density at radius 1 is 1.37 bits per heavy atom. The summed E-state index contributed by atoms with van der Waals surface area (Å²) in [5.41, 5.74) is 0. The average molecular weight is 269 g/mol. The molecule has 0 radical (unpaired) electrons. The van der Waals surface area contributed by atoms with Crippen LogP contribution in [0.25, 0.3) is 0 Å². The summed E-state index contributed by atoms with van der Waals surface area (Å²) in [6, 6.07) is 0.282. The molecule has 3 unspecified atom stereocenters. The maximum Gasteiger partial charge on any atom is 0.241 e. The first kappa shape index (κ1) is 14.8. The fourth-order valence-electron chi connectivity index (χ4n) is 2.85. The van der Waals surface area contributed by atoms with Gasteiger partial charge in [-0.15, -0.1) is 0 Å². The Hall–Kier alpha value is -0.650. The van der Waals surface area contributed by atoms with Crippen LogP contribution >= 0.6 is 0 Å². The minimum atomic E-state index is 0.0112. The van der Waals surface area contributed by atoms with E-state index in [9.17, 15) is 4.79 Å². The Morgan fingerprint density at radius 3 is 2.68 bits per heavy atom. The van der Waals surface area contributed by atoms with Crippen molar-refractivity contribution < 1.29 is 9.53 Å². The number of hydrogen-bond acceptors (Lipinski definition) is 4. The van der Waals surface area contributed by atoms with Crippen LogP contribution < -0.4 is 5.32 Å². The minimum absolute atomic E-state index is 0.0112. The van der Waals surface area contributed by atoms with Crippen LogP contribution in [0.2, 0.25) is 0 Å². The largest absolute Gasteiger partial charge is 0.379 e. The van der Waals surface area contributed by atoms with Gasteiger partial charge in [-0.05, 0) is 12.8 Å². The summed E-state index contributed by atoms with van der Waals surface area (Å²) in [5, 5.41) is 3.36. The van der Waals surface area contributed by atoms with Crippen molar-refractivity contribution >= 4 is 5.91 Å². The van der Waals surface area contributed by atoms with Gasteiger partial charge in [0.05, 0.1) is 25.9 Å². The van der Waals surface area contributed by atoms with E-state index in [1.165, 1.54) is 0 Å². The number of nitrogens with zero attached hydrogens (tertiary/aromatic N) is 2. The maximum atomic E-state index is 12.4. The molecule has 0 aromatic carbocycles. The highest BCUT2D eigenvalue weighted by Crippen LogP contribution is 2.17. The van der Waals surface area contributed by atoms with Crippen molar-refractivity contribution in [3.63, 3.8) is 0 Å². The first-order valence-corrected chi connectivity index (χ1v) is 7.47. The molecule has 5 nitrogen and oxygen atoms in total. The normalized spacial score (nSPS) is 28.7. The van der Waals surface area contributed by atoms with E-state index in [0.717, 1.165) is 39.3 Å². The third kappa shape index (κ3) is 3.46. The third-order valence-electron chi connectivity index (χ3n) is 4.40. The van der Waals surface area contributed by atoms with Crippen molar-refractivity contribution in [3.8, 4) is 0 Å². The summed E-state index contributed by atoms with van der Waals surface area (Å²) in [4.78, 5) is 16.8. The van der Waals surface area contributed by atoms with E-state index in [1.807, 2.05) is 4.90 Å². The number of carbonyl (C=O) groups excluding carboxylic acids is 1. The topological polar surface area (TPSA) is 44.8 Å². The lowest BCUT2D eigenvalue weighted by atomic mass is 9.99. The van der Waals surface area contributed by atoms with Gasteiger partial charge >= 0.3 is 0 Å². The molecule has 0 spiro atoms. The molecular formula is C14H27N3O2. The van der Waals surface area contributed by atoms with Gasteiger partial charge < -0.3 is 9.64 Å². The minimum Gasteiger partial charge on any atom is -0.379 e. The molecule has 2 fully saturated rings. The van der Waals surface area contributed by atoms with Gasteiger partial charge in [-0.25, -0.2) is 0 Å². The smallest absolute Gasteiger partial charge is 0.241 e. The van der Waals surface area contributed by atoms with Crippen molar-refractivity contribution in [1.82, 2.24) is 15.1 Å². The second kappa shape index (κ2) is 6.68. The molecule has 0 aromatic heterocycles. The number of rotatable bonds is 5. The van der Waals surface area contributed by atoms with Gasteiger partial charge in [0.15, 0.2) is 0 Å². The van der Waals surface area contributed by atoms with Crippen molar-refractivity contribution in [1.29, 1.82) is 0 Å². The lowest BCUT2D eigenvalue weighted by Crippen LogP contribution is -2.47. The van der Waals surface area contributed by atoms with E-state index in [-0.39, 0.29) is 18.0 Å². The Balaban J connectivity index is 1.85. The van der Waals surface area contributed by atoms with Gasteiger partial charge in [-0.3, -0.25) is 15.0 Å². The summed E-state index contributed by atoms with van der Waals surface area (Å²) in [6.07, 6.45) is 1.04. The molecule has 1 N–H and O–H groups in total. The number of ether oxygens (including phenoxy) is 1. The zero-order chi connectivity index (χ0) is 13.8. The van der Waals surface area contributed by atoms with Gasteiger partial charge in [-0.2, -0.15) is 0 Å². The second-order valence-corrected chi connectivity index (χ2v) is 5.80. The van der Waals surface area contributed by atoms with Crippen LogP contribution in [0.1, 0.15) is 27.2 Å².